The number of aliphatic hydroxyl groups is 1. The normalized spacial score (nSPS) is 17.7. The zero-order valence-electron chi connectivity index (χ0n) is 52.2. The van der Waals surface area contributed by atoms with Crippen LogP contribution in [0.2, 0.25) is 0 Å². The molecule has 468 valence electrons. The highest BCUT2D eigenvalue weighted by molar-refractivity contribution is 7.10. The number of para-hydroxylation sites is 2. The molecule has 2 aromatic carbocycles. The molecule has 6 heterocycles. The highest BCUT2D eigenvalue weighted by atomic mass is 32.1. The number of anilines is 4. The molecule has 6 N–H and O–H groups in total. The Morgan fingerprint density at radius 2 is 1.05 bits per heavy atom. The molecule has 0 radical (unpaired) electrons. The molecule has 2 aromatic heterocycles. The van der Waals surface area contributed by atoms with E-state index in [2.05, 4.69) is 16.0 Å². The summed E-state index contributed by atoms with van der Waals surface area (Å²) in [6, 6.07) is 17.9. The fraction of sp³-hybridized carbons (Fsp3) is 0.554. The molecule has 86 heavy (non-hydrogen) atoms. The predicted octanol–water partition coefficient (Wildman–Crippen LogP) is 9.18. The van der Waals surface area contributed by atoms with Crippen LogP contribution < -0.4 is 41.3 Å². The molecule has 0 spiro atoms. The number of carbonyl (C=O) groups is 9. The molecule has 21 heteroatoms. The van der Waals surface area contributed by atoms with Gasteiger partial charge in [0.1, 0.15) is 11.1 Å². The molecule has 0 bridgehead atoms. The van der Waals surface area contributed by atoms with Gasteiger partial charge in [-0.1, -0.05) is 64.1 Å². The van der Waals surface area contributed by atoms with Gasteiger partial charge in [0.05, 0.1) is 53.5 Å². The van der Waals surface area contributed by atoms with Gasteiger partial charge < -0.3 is 51.1 Å². The number of thiophene rings is 2. The van der Waals surface area contributed by atoms with E-state index in [1.54, 1.807) is 97.7 Å². The number of rotatable bonds is 21. The van der Waals surface area contributed by atoms with Crippen molar-refractivity contribution < 1.29 is 53.0 Å². The number of hydrogen-bond donors (Lipinski definition) is 5. The summed E-state index contributed by atoms with van der Waals surface area (Å²) in [6.07, 6.45) is 3.39. The number of Topliss-reactive ketones (excluding diaryl/α,β-unsaturated/α-hetero) is 2. The van der Waals surface area contributed by atoms with Crippen molar-refractivity contribution in [2.45, 2.75) is 189 Å². The molecule has 2 unspecified atom stereocenters. The molecule has 19 nitrogen and oxygen atoms in total. The van der Waals surface area contributed by atoms with E-state index in [0.29, 0.717) is 64.7 Å². The first-order chi connectivity index (χ1) is 40.4. The lowest BCUT2D eigenvalue weighted by molar-refractivity contribution is -0.133. The first-order valence-corrected chi connectivity index (χ1v) is 31.8. The molecule has 4 atom stereocenters. The molecule has 0 aliphatic carbocycles. The van der Waals surface area contributed by atoms with Crippen LogP contribution in [0.5, 0.6) is 0 Å². The van der Waals surface area contributed by atoms with Gasteiger partial charge in [0, 0.05) is 67.0 Å². The quantitative estimate of drug-likeness (QED) is 0.0523. The van der Waals surface area contributed by atoms with Crippen molar-refractivity contribution in [2.24, 2.45) is 29.4 Å². The number of nitrogens with zero attached hydrogens (tertiary/aromatic N) is 4. The average Bonchev–Trinajstić information content (AvgIpc) is 1.39. The average molecular weight is 1220 g/mol. The number of alkyl carbamates (subject to hydrolysis) is 1. The zero-order valence-corrected chi connectivity index (χ0v) is 53.8. The van der Waals surface area contributed by atoms with E-state index in [0.717, 1.165) is 56.5 Å². The van der Waals surface area contributed by atoms with E-state index in [1.807, 2.05) is 99.1 Å². The SMILES string of the molecule is CC(C)C[C@@H](NC(=O)C(C)(C)N)C(=O)CC1Cc2cccc(N3CCCC3=O)c2N(Cc2cccs2)C1=O.CC(C)C[C@@H](NC(=O)C(C)(C)NC(=O)OC(C)(C)C)C(=O)CC1Cc2cccc(N3CCCC3=O)c2N(Cc2cccs2)C1=O.CCO. The van der Waals surface area contributed by atoms with Gasteiger partial charge >= 0.3 is 6.09 Å². The van der Waals surface area contributed by atoms with E-state index < -0.39 is 58.5 Å². The summed E-state index contributed by atoms with van der Waals surface area (Å²) >= 11 is 3.11. The second-order valence-corrected chi connectivity index (χ2v) is 27.7. The largest absolute Gasteiger partial charge is 0.444 e. The molecule has 0 saturated carbocycles. The topological polar surface area (TPSA) is 258 Å². The lowest BCUT2D eigenvalue weighted by atomic mass is 9.85. The number of ether oxygens (including phenoxy) is 1. The zero-order chi connectivity index (χ0) is 63.4. The first-order valence-electron chi connectivity index (χ1n) is 30.0. The minimum absolute atomic E-state index is 0.0226. The minimum atomic E-state index is -1.35. The maximum Gasteiger partial charge on any atom is 0.408 e. The van der Waals surface area contributed by atoms with Crippen molar-refractivity contribution in [3.63, 3.8) is 0 Å². The summed E-state index contributed by atoms with van der Waals surface area (Å²) < 4.78 is 5.32. The maximum absolute atomic E-state index is 14.2. The number of benzene rings is 2. The Balaban J connectivity index is 0.000000266. The Morgan fingerprint density at radius 3 is 1.38 bits per heavy atom. The third-order valence-electron chi connectivity index (χ3n) is 15.1. The Hall–Kier alpha value is -6.81. The Morgan fingerprint density at radius 1 is 0.640 bits per heavy atom. The Labute approximate surface area is 515 Å². The van der Waals surface area contributed by atoms with Gasteiger partial charge in [-0.2, -0.15) is 0 Å². The number of amides is 7. The minimum Gasteiger partial charge on any atom is -0.444 e. The predicted molar refractivity (Wildman–Crippen MR) is 338 cm³/mol. The maximum atomic E-state index is 14.2. The number of fused-ring (bicyclic) bond motifs is 2. The first kappa shape index (κ1) is 68.3. The van der Waals surface area contributed by atoms with Crippen LogP contribution in [0.25, 0.3) is 0 Å². The van der Waals surface area contributed by atoms with Crippen LogP contribution in [-0.4, -0.2) is 107 Å². The smallest absolute Gasteiger partial charge is 0.408 e. The fourth-order valence-electron chi connectivity index (χ4n) is 11.0. The molecular weight excluding hydrogens is 1130 g/mol. The van der Waals surface area contributed by atoms with Gasteiger partial charge in [-0.15, -0.1) is 22.7 Å². The third kappa shape index (κ3) is 18.1. The van der Waals surface area contributed by atoms with Crippen LogP contribution in [0, 0.1) is 23.7 Å². The lowest BCUT2D eigenvalue weighted by Crippen LogP contribution is -2.58. The van der Waals surface area contributed by atoms with Crippen LogP contribution in [-0.2, 0) is 69.0 Å². The van der Waals surface area contributed by atoms with Gasteiger partial charge in [0.2, 0.25) is 35.4 Å². The number of ketones is 2. The van der Waals surface area contributed by atoms with E-state index in [-0.39, 0.29) is 66.5 Å². The van der Waals surface area contributed by atoms with Crippen LogP contribution in [0.15, 0.2) is 71.4 Å². The number of hydrogen-bond acceptors (Lipinski definition) is 14. The number of nitrogens with one attached hydrogen (secondary N) is 3. The molecule has 4 aromatic rings. The van der Waals surface area contributed by atoms with Crippen LogP contribution in [0.1, 0.15) is 155 Å². The summed E-state index contributed by atoms with van der Waals surface area (Å²) in [6.45, 7) is 23.3. The van der Waals surface area contributed by atoms with Crippen LogP contribution >= 0.6 is 22.7 Å². The summed E-state index contributed by atoms with van der Waals surface area (Å²) in [5.41, 5.74) is 7.61. The van der Waals surface area contributed by atoms with Gasteiger partial charge in [-0.25, -0.2) is 4.79 Å². The van der Waals surface area contributed by atoms with Gasteiger partial charge in [0.25, 0.3) is 0 Å². The van der Waals surface area contributed by atoms with Crippen molar-refractivity contribution in [3.8, 4) is 0 Å². The number of aliphatic hydroxyl groups excluding tert-OH is 1. The molecule has 2 fully saturated rings. The molecular formula is C65H90N8O11S2. The Kier molecular flexibility index (Phi) is 23.6. The summed E-state index contributed by atoms with van der Waals surface area (Å²) in [7, 11) is 0. The molecule has 4 aliphatic rings. The molecule has 8 rings (SSSR count). The molecule has 7 amide bonds. The summed E-state index contributed by atoms with van der Waals surface area (Å²) in [5, 5.41) is 19.8. The van der Waals surface area contributed by atoms with Crippen molar-refractivity contribution in [2.75, 3.05) is 39.3 Å². The Bertz CT molecular complexity index is 3050. The highest BCUT2D eigenvalue weighted by Crippen LogP contribution is 2.44. The van der Waals surface area contributed by atoms with Gasteiger partial charge in [-0.05, 0) is 152 Å². The second kappa shape index (κ2) is 29.7. The fourth-order valence-corrected chi connectivity index (χ4v) is 12.4. The molecule has 4 aliphatic heterocycles. The number of carbonyl (C=O) groups excluding carboxylic acids is 9. The monoisotopic (exact) mass is 1220 g/mol. The highest BCUT2D eigenvalue weighted by Gasteiger charge is 2.42. The standard InChI is InChI=1S/C34H46N4O6S.C29H38N4O4S.C2H6O/c1-21(2)17-25(35-31(42)34(6,7)36-32(43)44-33(3,4)5)27(39)19-23-18-22-11-8-13-26(37-15-9-14-28(37)40)29(22)38(30(23)41)20-24-12-10-16-45-24;1-18(2)14-22(31-28(37)29(3,4)30)24(34)16-20-15-19-8-5-10-23(32-12-6-11-25(32)35)26(19)33(27(20)36)17-21-9-7-13-38-21;1-2-3/h8,10-13,16,21,23,25H,9,14-15,17-20H2,1-7H3,(H,35,42)(H,36,43);5,7-10,13,18,20,22H,6,11-12,14-17,30H2,1-4H3,(H,31,37);3H,2H2,1H3/t23?,25-;20?,22-;/m11./s1. The van der Waals surface area contributed by atoms with E-state index >= 15 is 0 Å². The van der Waals surface area contributed by atoms with Crippen molar-refractivity contribution >= 4 is 98.5 Å². The lowest BCUT2D eigenvalue weighted by Gasteiger charge is -2.37. The van der Waals surface area contributed by atoms with E-state index in [9.17, 15) is 43.2 Å². The van der Waals surface area contributed by atoms with E-state index in [4.69, 9.17) is 15.6 Å². The van der Waals surface area contributed by atoms with Crippen molar-refractivity contribution in [1.82, 2.24) is 16.0 Å². The van der Waals surface area contributed by atoms with Crippen molar-refractivity contribution in [3.05, 3.63) is 92.3 Å². The third-order valence-corrected chi connectivity index (χ3v) is 16.8. The summed E-state index contributed by atoms with van der Waals surface area (Å²) in [5.74, 6) is -2.46. The summed E-state index contributed by atoms with van der Waals surface area (Å²) in [4.78, 5) is 128. The van der Waals surface area contributed by atoms with Gasteiger partial charge in [-0.3, -0.25) is 38.4 Å². The second-order valence-electron chi connectivity index (χ2n) is 25.6. The van der Waals surface area contributed by atoms with Crippen molar-refractivity contribution in [1.29, 1.82) is 0 Å². The molecule has 2 saturated heterocycles. The van der Waals surface area contributed by atoms with E-state index in [1.165, 1.54) is 0 Å². The van der Waals surface area contributed by atoms with Gasteiger partial charge in [0.15, 0.2) is 11.6 Å². The number of nitrogens with two attached hydrogens (primary N) is 1. The van der Waals surface area contributed by atoms with Crippen LogP contribution in [0.4, 0.5) is 27.5 Å². The van der Waals surface area contributed by atoms with Crippen LogP contribution in [0.3, 0.4) is 0 Å².